The van der Waals surface area contributed by atoms with Gasteiger partial charge in [-0.2, -0.15) is 0 Å². The lowest BCUT2D eigenvalue weighted by molar-refractivity contribution is 0.204. The highest BCUT2D eigenvalue weighted by Gasteiger charge is 2.09. The number of rotatable bonds is 9. The van der Waals surface area contributed by atoms with E-state index in [2.05, 4.69) is 48.1 Å². The molecule has 1 heterocycles. The quantitative estimate of drug-likeness (QED) is 0.745. The van der Waals surface area contributed by atoms with Gasteiger partial charge in [0.2, 0.25) is 0 Å². The van der Waals surface area contributed by atoms with Crippen LogP contribution in [0.2, 0.25) is 0 Å². The molecule has 0 aliphatic rings. The summed E-state index contributed by atoms with van der Waals surface area (Å²) < 4.78 is 5.20. The Morgan fingerprint density at radius 1 is 1.42 bits per heavy atom. The van der Waals surface area contributed by atoms with Crippen LogP contribution in [-0.4, -0.2) is 38.3 Å². The third-order valence-corrected chi connectivity index (χ3v) is 2.82. The van der Waals surface area contributed by atoms with Gasteiger partial charge in [0.25, 0.3) is 0 Å². The highest BCUT2D eigenvalue weighted by atomic mass is 16.5. The Morgan fingerprint density at radius 3 is 2.84 bits per heavy atom. The van der Waals surface area contributed by atoms with Gasteiger partial charge in [-0.15, -0.1) is 0 Å². The lowest BCUT2D eigenvalue weighted by Gasteiger charge is -2.26. The molecule has 1 aromatic rings. The van der Waals surface area contributed by atoms with E-state index >= 15 is 0 Å². The summed E-state index contributed by atoms with van der Waals surface area (Å²) in [5.41, 5.74) is 1.21. The van der Waals surface area contributed by atoms with Gasteiger partial charge in [-0.3, -0.25) is 0 Å². The minimum Gasteiger partial charge on any atom is -0.383 e. The van der Waals surface area contributed by atoms with Crippen LogP contribution < -0.4 is 10.2 Å². The van der Waals surface area contributed by atoms with Crippen molar-refractivity contribution in [3.8, 4) is 0 Å². The molecule has 0 unspecified atom stereocenters. The minimum atomic E-state index is 0.622. The number of ether oxygens (including phenoxy) is 1. The number of anilines is 2. The highest BCUT2D eigenvalue weighted by Crippen LogP contribution is 2.18. The van der Waals surface area contributed by atoms with E-state index < -0.39 is 0 Å². The van der Waals surface area contributed by atoms with Gasteiger partial charge < -0.3 is 15.0 Å². The van der Waals surface area contributed by atoms with E-state index in [4.69, 9.17) is 4.74 Å². The maximum Gasteiger partial charge on any atom is 0.127 e. The molecule has 1 rings (SSSR count). The third kappa shape index (κ3) is 5.92. The van der Waals surface area contributed by atoms with E-state index in [0.717, 1.165) is 38.5 Å². The summed E-state index contributed by atoms with van der Waals surface area (Å²) in [5, 5.41) is 3.33. The molecule has 0 fully saturated rings. The molecule has 19 heavy (non-hydrogen) atoms. The molecule has 4 nitrogen and oxygen atoms in total. The van der Waals surface area contributed by atoms with E-state index in [1.807, 2.05) is 6.20 Å². The largest absolute Gasteiger partial charge is 0.383 e. The molecular weight excluding hydrogens is 238 g/mol. The van der Waals surface area contributed by atoms with E-state index in [1.165, 1.54) is 5.69 Å². The van der Waals surface area contributed by atoms with Gasteiger partial charge in [0, 0.05) is 44.7 Å². The fraction of sp³-hybridized carbons (Fsp3) is 0.667. The molecule has 0 atom stereocenters. The first-order valence-electron chi connectivity index (χ1n) is 7.11. The maximum absolute atomic E-state index is 5.20. The number of hydrogen-bond donors (Lipinski definition) is 1. The summed E-state index contributed by atoms with van der Waals surface area (Å²) in [4.78, 5) is 6.70. The molecule has 1 N–H and O–H groups in total. The first-order valence-corrected chi connectivity index (χ1v) is 7.11. The fourth-order valence-electron chi connectivity index (χ4n) is 1.93. The van der Waals surface area contributed by atoms with Crippen molar-refractivity contribution in [1.29, 1.82) is 0 Å². The van der Waals surface area contributed by atoms with Gasteiger partial charge in [0.1, 0.15) is 5.82 Å². The molecule has 0 amide bonds. The fourth-order valence-corrected chi connectivity index (χ4v) is 1.93. The van der Waals surface area contributed by atoms with Crippen LogP contribution in [-0.2, 0) is 4.74 Å². The SMILES string of the molecule is CCCNc1cc(N(CCOC)CC(C)C)ccn1. The van der Waals surface area contributed by atoms with Crippen LogP contribution in [0.15, 0.2) is 18.3 Å². The molecule has 1 aromatic heterocycles. The first-order chi connectivity index (χ1) is 9.17. The van der Waals surface area contributed by atoms with Crippen molar-refractivity contribution >= 4 is 11.5 Å². The monoisotopic (exact) mass is 265 g/mol. The van der Waals surface area contributed by atoms with Crippen molar-refractivity contribution in [1.82, 2.24) is 4.98 Å². The molecule has 0 radical (unpaired) electrons. The second-order valence-electron chi connectivity index (χ2n) is 5.16. The smallest absolute Gasteiger partial charge is 0.127 e. The van der Waals surface area contributed by atoms with Crippen LogP contribution in [0.3, 0.4) is 0 Å². The summed E-state index contributed by atoms with van der Waals surface area (Å²) in [6.45, 7) is 10.3. The molecule has 0 aliphatic heterocycles. The summed E-state index contributed by atoms with van der Waals surface area (Å²) in [6.07, 6.45) is 2.97. The van der Waals surface area contributed by atoms with E-state index in [9.17, 15) is 0 Å². The Morgan fingerprint density at radius 2 is 2.21 bits per heavy atom. The minimum absolute atomic E-state index is 0.622. The normalized spacial score (nSPS) is 10.8. The average molecular weight is 265 g/mol. The lowest BCUT2D eigenvalue weighted by Crippen LogP contribution is -2.31. The van der Waals surface area contributed by atoms with Gasteiger partial charge in [0.05, 0.1) is 6.61 Å². The summed E-state index contributed by atoms with van der Waals surface area (Å²) in [5.74, 6) is 1.57. The molecule has 0 bridgehead atoms. The molecule has 108 valence electrons. The van der Waals surface area contributed by atoms with Crippen LogP contribution in [0.25, 0.3) is 0 Å². The van der Waals surface area contributed by atoms with Crippen molar-refractivity contribution in [2.24, 2.45) is 5.92 Å². The molecular formula is C15H27N3O. The van der Waals surface area contributed by atoms with E-state index in [0.29, 0.717) is 5.92 Å². The number of nitrogens with zero attached hydrogens (tertiary/aromatic N) is 2. The van der Waals surface area contributed by atoms with Gasteiger partial charge in [0.15, 0.2) is 0 Å². The zero-order chi connectivity index (χ0) is 14.1. The zero-order valence-corrected chi connectivity index (χ0v) is 12.6. The maximum atomic E-state index is 5.20. The number of pyridine rings is 1. The van der Waals surface area contributed by atoms with Crippen molar-refractivity contribution in [2.45, 2.75) is 27.2 Å². The van der Waals surface area contributed by atoms with Crippen LogP contribution in [0.1, 0.15) is 27.2 Å². The zero-order valence-electron chi connectivity index (χ0n) is 12.6. The lowest BCUT2D eigenvalue weighted by atomic mass is 10.2. The van der Waals surface area contributed by atoms with Gasteiger partial charge in [-0.1, -0.05) is 20.8 Å². The van der Waals surface area contributed by atoms with Crippen LogP contribution in [0.5, 0.6) is 0 Å². The average Bonchev–Trinajstić information content (AvgIpc) is 2.41. The second-order valence-corrected chi connectivity index (χ2v) is 5.16. The predicted molar refractivity (Wildman–Crippen MR) is 81.9 cm³/mol. The third-order valence-electron chi connectivity index (χ3n) is 2.82. The standard InChI is InChI=1S/C15H27N3O/c1-5-7-16-15-11-14(6-8-17-15)18(9-10-19-4)12-13(2)3/h6,8,11,13H,5,7,9-10,12H2,1-4H3,(H,16,17). The predicted octanol–water partition coefficient (Wildman–Crippen LogP) is 3.01. The van der Waals surface area contributed by atoms with Gasteiger partial charge in [-0.05, 0) is 18.4 Å². The van der Waals surface area contributed by atoms with Gasteiger partial charge in [-0.25, -0.2) is 4.98 Å². The molecule has 0 saturated heterocycles. The Kier molecular flexibility index (Phi) is 7.26. The summed E-state index contributed by atoms with van der Waals surface area (Å²) in [6, 6.07) is 4.18. The first kappa shape index (κ1) is 15.8. The summed E-state index contributed by atoms with van der Waals surface area (Å²) in [7, 11) is 1.74. The van der Waals surface area contributed by atoms with Crippen molar-refractivity contribution in [3.05, 3.63) is 18.3 Å². The number of methoxy groups -OCH3 is 1. The van der Waals surface area contributed by atoms with Crippen LogP contribution in [0.4, 0.5) is 11.5 Å². The van der Waals surface area contributed by atoms with E-state index in [1.54, 1.807) is 7.11 Å². The van der Waals surface area contributed by atoms with Crippen molar-refractivity contribution in [2.75, 3.05) is 43.6 Å². The Labute approximate surface area is 117 Å². The van der Waals surface area contributed by atoms with Crippen molar-refractivity contribution in [3.63, 3.8) is 0 Å². The number of aromatic nitrogens is 1. The number of nitrogens with one attached hydrogen (secondary N) is 1. The molecule has 4 heteroatoms. The van der Waals surface area contributed by atoms with E-state index in [-0.39, 0.29) is 0 Å². The Hall–Kier alpha value is -1.29. The molecule has 0 saturated carbocycles. The van der Waals surface area contributed by atoms with Crippen LogP contribution in [0, 0.1) is 5.92 Å². The highest BCUT2D eigenvalue weighted by molar-refractivity contribution is 5.53. The van der Waals surface area contributed by atoms with Gasteiger partial charge >= 0.3 is 0 Å². The van der Waals surface area contributed by atoms with Crippen LogP contribution >= 0.6 is 0 Å². The molecule has 0 spiro atoms. The molecule has 0 aromatic carbocycles. The topological polar surface area (TPSA) is 37.4 Å². The van der Waals surface area contributed by atoms with Crippen molar-refractivity contribution < 1.29 is 4.74 Å². The number of hydrogen-bond acceptors (Lipinski definition) is 4. The Balaban J connectivity index is 2.75. The Bertz CT molecular complexity index is 355. The molecule has 0 aliphatic carbocycles. The second kappa shape index (κ2) is 8.75. The summed E-state index contributed by atoms with van der Waals surface area (Å²) >= 11 is 0.